The maximum absolute atomic E-state index is 14.7. The Hall–Kier alpha value is -3.59. The number of ether oxygens (including phenoxy) is 1. The second kappa shape index (κ2) is 7.68. The summed E-state index contributed by atoms with van der Waals surface area (Å²) in [5, 5.41) is 8.80. The van der Waals surface area contributed by atoms with Crippen molar-refractivity contribution >= 4 is 6.02 Å². The highest BCUT2D eigenvalue weighted by Crippen LogP contribution is 2.41. The van der Waals surface area contributed by atoms with E-state index in [-0.39, 0.29) is 5.56 Å². The lowest BCUT2D eigenvalue weighted by atomic mass is 9.85. The van der Waals surface area contributed by atoms with Crippen LogP contribution in [0.1, 0.15) is 41.3 Å². The summed E-state index contributed by atoms with van der Waals surface area (Å²) >= 11 is 0. The van der Waals surface area contributed by atoms with Gasteiger partial charge in [-0.1, -0.05) is 5.92 Å². The van der Waals surface area contributed by atoms with E-state index in [2.05, 4.69) is 21.8 Å². The molecule has 2 N–H and O–H groups in total. The Kier molecular flexibility index (Phi) is 5.41. The molecule has 1 aliphatic rings. The first-order valence-corrected chi connectivity index (χ1v) is 8.79. The maximum Gasteiger partial charge on any atom is 0.411 e. The maximum atomic E-state index is 14.7. The Morgan fingerprint density at radius 1 is 1.27 bits per heavy atom. The molecule has 0 unspecified atom stereocenters. The minimum absolute atomic E-state index is 0.0997. The summed E-state index contributed by atoms with van der Waals surface area (Å²) in [6, 6.07) is 4.84. The van der Waals surface area contributed by atoms with E-state index in [0.29, 0.717) is 22.4 Å². The van der Waals surface area contributed by atoms with Gasteiger partial charge in [0.2, 0.25) is 0 Å². The third-order valence-corrected chi connectivity index (χ3v) is 4.68. The molecule has 0 radical (unpaired) electrons. The Balaban J connectivity index is 2.00. The van der Waals surface area contributed by atoms with Gasteiger partial charge in [0.25, 0.3) is 6.02 Å². The number of hydrogen-bond donors (Lipinski definition) is 1. The van der Waals surface area contributed by atoms with Crippen molar-refractivity contribution in [2.45, 2.75) is 38.1 Å². The highest BCUT2D eigenvalue weighted by molar-refractivity contribution is 5.73. The monoisotopic (exact) mass is 416 g/mol. The van der Waals surface area contributed by atoms with Gasteiger partial charge >= 0.3 is 6.18 Å². The van der Waals surface area contributed by atoms with Crippen molar-refractivity contribution in [1.82, 2.24) is 4.98 Å². The van der Waals surface area contributed by atoms with E-state index >= 15 is 0 Å². The Morgan fingerprint density at radius 3 is 2.60 bits per heavy atom. The van der Waals surface area contributed by atoms with E-state index < -0.39 is 36.1 Å². The smallest absolute Gasteiger partial charge is 0.411 e. The van der Waals surface area contributed by atoms with Gasteiger partial charge in [0.15, 0.2) is 6.04 Å². The SMILES string of the molecule is Cc1cc(F)c([C@]2(C)C[C@@H](C(F)(F)F)N=C(N)O2)cc1C#Cc1ccc(C#N)cn1. The minimum Gasteiger partial charge on any atom is -0.454 e. The highest BCUT2D eigenvalue weighted by Gasteiger charge is 2.49. The van der Waals surface area contributed by atoms with Crippen LogP contribution >= 0.6 is 0 Å². The molecule has 0 fully saturated rings. The molecule has 3 rings (SSSR count). The van der Waals surface area contributed by atoms with E-state index in [0.717, 1.165) is 0 Å². The molecule has 0 aliphatic carbocycles. The number of aromatic nitrogens is 1. The summed E-state index contributed by atoms with van der Waals surface area (Å²) in [7, 11) is 0. The molecule has 2 atom stereocenters. The summed E-state index contributed by atoms with van der Waals surface area (Å²) in [4.78, 5) is 7.33. The Labute approximate surface area is 170 Å². The fourth-order valence-corrected chi connectivity index (χ4v) is 3.10. The molecule has 1 aromatic carbocycles. The van der Waals surface area contributed by atoms with Crippen molar-refractivity contribution in [3.05, 3.63) is 64.2 Å². The van der Waals surface area contributed by atoms with Gasteiger partial charge in [0, 0.05) is 23.7 Å². The molecule has 0 amide bonds. The summed E-state index contributed by atoms with van der Waals surface area (Å²) in [6.07, 6.45) is -3.90. The van der Waals surface area contributed by atoms with Gasteiger partial charge < -0.3 is 10.5 Å². The number of pyridine rings is 1. The third-order valence-electron chi connectivity index (χ3n) is 4.68. The van der Waals surface area contributed by atoms with Crippen LogP contribution in [0.3, 0.4) is 0 Å². The largest absolute Gasteiger partial charge is 0.454 e. The topological polar surface area (TPSA) is 84.3 Å². The molecule has 154 valence electrons. The predicted octanol–water partition coefficient (Wildman–Crippen LogP) is 3.68. The zero-order valence-corrected chi connectivity index (χ0v) is 16.0. The average molecular weight is 416 g/mol. The van der Waals surface area contributed by atoms with Gasteiger partial charge in [-0.05, 0) is 49.6 Å². The number of nitriles is 1. The van der Waals surface area contributed by atoms with E-state index in [1.807, 2.05) is 6.07 Å². The number of nitrogens with zero attached hydrogens (tertiary/aromatic N) is 3. The van der Waals surface area contributed by atoms with Crippen LogP contribution in [0.4, 0.5) is 17.6 Å². The van der Waals surface area contributed by atoms with Gasteiger partial charge in [-0.3, -0.25) is 0 Å². The second-order valence-corrected chi connectivity index (χ2v) is 7.00. The van der Waals surface area contributed by atoms with Crippen LogP contribution in [0.15, 0.2) is 35.5 Å². The molecule has 9 heteroatoms. The number of nitrogens with two attached hydrogens (primary N) is 1. The lowest BCUT2D eigenvalue weighted by molar-refractivity contribution is -0.164. The summed E-state index contributed by atoms with van der Waals surface area (Å²) in [5.41, 5.74) is 5.33. The molecule has 0 spiro atoms. The zero-order valence-electron chi connectivity index (χ0n) is 16.0. The molecular weight excluding hydrogens is 400 g/mol. The Morgan fingerprint density at radius 2 is 2.00 bits per heavy atom. The number of rotatable bonds is 1. The van der Waals surface area contributed by atoms with Gasteiger partial charge in [0.05, 0.1) is 5.56 Å². The lowest BCUT2D eigenvalue weighted by Gasteiger charge is -2.37. The van der Waals surface area contributed by atoms with E-state index in [1.165, 1.54) is 25.3 Å². The van der Waals surface area contributed by atoms with Crippen LogP contribution in [0.5, 0.6) is 0 Å². The highest BCUT2D eigenvalue weighted by atomic mass is 19.4. The van der Waals surface area contributed by atoms with E-state index in [4.69, 9.17) is 15.7 Å². The number of amidine groups is 1. The van der Waals surface area contributed by atoms with E-state index in [9.17, 15) is 17.6 Å². The number of halogens is 4. The van der Waals surface area contributed by atoms with Crippen molar-refractivity contribution in [1.29, 1.82) is 5.26 Å². The first-order valence-electron chi connectivity index (χ1n) is 8.79. The van der Waals surface area contributed by atoms with Crippen LogP contribution in [-0.4, -0.2) is 23.2 Å². The summed E-state index contributed by atoms with van der Waals surface area (Å²) in [6.45, 7) is 2.96. The molecular formula is C21H16F4N4O. The van der Waals surface area contributed by atoms with Crippen LogP contribution in [0.25, 0.3) is 0 Å². The lowest BCUT2D eigenvalue weighted by Crippen LogP contribution is -2.46. The zero-order chi connectivity index (χ0) is 22.1. The normalized spacial score (nSPS) is 21.0. The molecule has 30 heavy (non-hydrogen) atoms. The van der Waals surface area contributed by atoms with Crippen LogP contribution in [-0.2, 0) is 10.3 Å². The van der Waals surface area contributed by atoms with Crippen molar-refractivity contribution in [2.24, 2.45) is 10.7 Å². The van der Waals surface area contributed by atoms with Gasteiger partial charge in [0.1, 0.15) is 23.2 Å². The Bertz CT molecular complexity index is 1110. The fourth-order valence-electron chi connectivity index (χ4n) is 3.10. The molecule has 1 aromatic heterocycles. The predicted molar refractivity (Wildman–Crippen MR) is 101 cm³/mol. The molecule has 2 aromatic rings. The molecule has 1 aliphatic heterocycles. The van der Waals surface area contributed by atoms with Gasteiger partial charge in [-0.15, -0.1) is 0 Å². The number of benzene rings is 1. The number of aryl methyl sites for hydroxylation is 1. The van der Waals surface area contributed by atoms with Crippen molar-refractivity contribution < 1.29 is 22.3 Å². The molecule has 5 nitrogen and oxygen atoms in total. The molecule has 0 saturated carbocycles. The quantitative estimate of drug-likeness (QED) is 0.568. The number of alkyl halides is 3. The summed E-state index contributed by atoms with van der Waals surface area (Å²) in [5.74, 6) is 4.91. The standard InChI is InChI=1S/C21H16F4N4O/c1-12-7-17(22)16(20(2)9-18(21(23,24)25)29-19(27)30-20)8-14(12)4-6-15-5-3-13(10-26)11-28-15/h3,5,7-8,11,18H,9H2,1-2H3,(H2,27,29)/t18-,20-/m0/s1. The molecule has 0 bridgehead atoms. The molecule has 2 heterocycles. The number of hydrogen-bond acceptors (Lipinski definition) is 5. The van der Waals surface area contributed by atoms with E-state index in [1.54, 1.807) is 19.1 Å². The summed E-state index contributed by atoms with van der Waals surface area (Å²) < 4.78 is 59.7. The second-order valence-electron chi connectivity index (χ2n) is 7.00. The van der Waals surface area contributed by atoms with Crippen molar-refractivity contribution in [3.8, 4) is 17.9 Å². The third kappa shape index (κ3) is 4.36. The fraction of sp³-hybridized carbons (Fsp3) is 0.286. The average Bonchev–Trinajstić information content (AvgIpc) is 2.66. The van der Waals surface area contributed by atoms with Gasteiger partial charge in [-0.2, -0.15) is 18.4 Å². The number of aliphatic imine (C=N–C) groups is 1. The van der Waals surface area contributed by atoms with Crippen molar-refractivity contribution in [2.75, 3.05) is 0 Å². The first kappa shape index (κ1) is 21.1. The van der Waals surface area contributed by atoms with Gasteiger partial charge in [-0.25, -0.2) is 14.4 Å². The van der Waals surface area contributed by atoms with Crippen molar-refractivity contribution in [3.63, 3.8) is 0 Å². The first-order chi connectivity index (χ1) is 14.0. The van der Waals surface area contributed by atoms with Crippen LogP contribution in [0, 0.1) is 35.9 Å². The van der Waals surface area contributed by atoms with Crippen LogP contribution < -0.4 is 5.73 Å². The van der Waals surface area contributed by atoms with Crippen LogP contribution in [0.2, 0.25) is 0 Å². The molecule has 0 saturated heterocycles. The minimum atomic E-state index is -4.64.